The van der Waals surface area contributed by atoms with Crippen molar-refractivity contribution in [2.45, 2.75) is 17.2 Å². The Bertz CT molecular complexity index is 881. The second kappa shape index (κ2) is 9.07. The van der Waals surface area contributed by atoms with Crippen molar-refractivity contribution >= 4 is 26.7 Å². The second-order valence-corrected chi connectivity index (χ2v) is 9.53. The maximum absolute atomic E-state index is 12.2. The van der Waals surface area contributed by atoms with Gasteiger partial charge in [-0.3, -0.25) is 9.00 Å². The van der Waals surface area contributed by atoms with E-state index >= 15 is 0 Å². The molecule has 0 aliphatic rings. The average Bonchev–Trinajstić information content (AvgIpc) is 2.61. The minimum absolute atomic E-state index is 0.121. The maximum atomic E-state index is 12.2. The van der Waals surface area contributed by atoms with Crippen molar-refractivity contribution in [1.82, 2.24) is 9.62 Å². The molecule has 0 bridgehead atoms. The Morgan fingerprint density at radius 3 is 2.35 bits per heavy atom. The minimum Gasteiger partial charge on any atom is -0.351 e. The van der Waals surface area contributed by atoms with Gasteiger partial charge in [0.1, 0.15) is 5.75 Å². The van der Waals surface area contributed by atoms with Crippen molar-refractivity contribution in [2.24, 2.45) is 0 Å². The molecule has 140 valence electrons. The zero-order valence-corrected chi connectivity index (χ0v) is 16.3. The number of nitrogens with one attached hydrogen (secondary N) is 1. The summed E-state index contributed by atoms with van der Waals surface area (Å²) < 4.78 is 37.7. The Morgan fingerprint density at radius 1 is 1.04 bits per heavy atom. The zero-order chi connectivity index (χ0) is 19.2. The third-order valence-corrected chi connectivity index (χ3v) is 6.68. The summed E-state index contributed by atoms with van der Waals surface area (Å²) in [5.74, 6) is -0.309. The smallest absolute Gasteiger partial charge is 0.242 e. The van der Waals surface area contributed by atoms with E-state index in [2.05, 4.69) is 5.32 Å². The van der Waals surface area contributed by atoms with E-state index in [1.54, 1.807) is 12.1 Å². The Labute approximate surface area is 156 Å². The second-order valence-electron chi connectivity index (χ2n) is 5.93. The van der Waals surface area contributed by atoms with Crippen LogP contribution in [0.15, 0.2) is 59.5 Å². The van der Waals surface area contributed by atoms with Gasteiger partial charge < -0.3 is 5.32 Å². The van der Waals surface area contributed by atoms with Gasteiger partial charge in [0.05, 0.1) is 4.90 Å². The summed E-state index contributed by atoms with van der Waals surface area (Å²) in [5.41, 5.74) is 1.58. The fourth-order valence-corrected chi connectivity index (χ4v) is 4.26. The van der Waals surface area contributed by atoms with E-state index in [1.165, 1.54) is 26.2 Å². The van der Waals surface area contributed by atoms with Crippen LogP contribution in [0.2, 0.25) is 0 Å². The molecule has 0 aliphatic carbocycles. The fraction of sp³-hybridized carbons (Fsp3) is 0.278. The molecule has 26 heavy (non-hydrogen) atoms. The topological polar surface area (TPSA) is 83.6 Å². The van der Waals surface area contributed by atoms with E-state index in [-0.39, 0.29) is 22.3 Å². The number of carbonyl (C=O) groups excluding carboxylic acids is 1. The van der Waals surface area contributed by atoms with E-state index < -0.39 is 20.8 Å². The van der Waals surface area contributed by atoms with Gasteiger partial charge >= 0.3 is 0 Å². The van der Waals surface area contributed by atoms with Gasteiger partial charge in [0.25, 0.3) is 0 Å². The number of hydrogen-bond acceptors (Lipinski definition) is 4. The molecule has 0 fully saturated rings. The number of carbonyl (C=O) groups is 1. The molecule has 0 saturated carbocycles. The van der Waals surface area contributed by atoms with E-state index in [1.807, 2.05) is 30.3 Å². The van der Waals surface area contributed by atoms with Crippen LogP contribution >= 0.6 is 0 Å². The molecule has 0 aliphatic heterocycles. The van der Waals surface area contributed by atoms with Crippen molar-refractivity contribution in [2.75, 3.05) is 19.8 Å². The van der Waals surface area contributed by atoms with Crippen molar-refractivity contribution in [3.63, 3.8) is 0 Å². The summed E-state index contributed by atoms with van der Waals surface area (Å²) in [6.45, 7) is 0.382. The Hall–Kier alpha value is -2.03. The van der Waals surface area contributed by atoms with Crippen LogP contribution in [0.3, 0.4) is 0 Å². The van der Waals surface area contributed by atoms with Crippen LogP contribution in [0, 0.1) is 0 Å². The lowest BCUT2D eigenvalue weighted by molar-refractivity contribution is -0.118. The monoisotopic (exact) mass is 394 g/mol. The SMILES string of the molecule is CN(C)S(=O)(=O)c1cccc(CS(=O)CC(=O)NCc2ccccc2)c1. The van der Waals surface area contributed by atoms with E-state index in [4.69, 9.17) is 0 Å². The van der Waals surface area contributed by atoms with Gasteiger partial charge in [0.15, 0.2) is 0 Å². The predicted octanol–water partition coefficient (Wildman–Crippen LogP) is 1.50. The number of rotatable bonds is 8. The highest BCUT2D eigenvalue weighted by Crippen LogP contribution is 2.16. The predicted molar refractivity (Wildman–Crippen MR) is 102 cm³/mol. The van der Waals surface area contributed by atoms with Gasteiger partial charge in [-0.25, -0.2) is 12.7 Å². The molecular formula is C18H22N2O4S2. The largest absolute Gasteiger partial charge is 0.351 e. The Morgan fingerprint density at radius 2 is 1.69 bits per heavy atom. The highest BCUT2D eigenvalue weighted by molar-refractivity contribution is 7.89. The molecule has 0 radical (unpaired) electrons. The van der Waals surface area contributed by atoms with Gasteiger partial charge in [-0.1, -0.05) is 42.5 Å². The van der Waals surface area contributed by atoms with Crippen LogP contribution in [-0.2, 0) is 37.9 Å². The molecular weight excluding hydrogens is 372 g/mol. The van der Waals surface area contributed by atoms with Crippen molar-refractivity contribution in [3.8, 4) is 0 Å². The van der Waals surface area contributed by atoms with Crippen LogP contribution in [0.25, 0.3) is 0 Å². The van der Waals surface area contributed by atoms with E-state index in [0.29, 0.717) is 12.1 Å². The first-order chi connectivity index (χ1) is 12.3. The molecule has 1 atom stereocenters. The van der Waals surface area contributed by atoms with Gasteiger partial charge in [0.2, 0.25) is 15.9 Å². The van der Waals surface area contributed by atoms with Crippen LogP contribution in [0.1, 0.15) is 11.1 Å². The van der Waals surface area contributed by atoms with E-state index in [9.17, 15) is 17.4 Å². The molecule has 1 unspecified atom stereocenters. The molecule has 1 N–H and O–H groups in total. The van der Waals surface area contributed by atoms with Crippen LogP contribution in [-0.4, -0.2) is 42.7 Å². The van der Waals surface area contributed by atoms with Crippen molar-refractivity contribution < 1.29 is 17.4 Å². The van der Waals surface area contributed by atoms with E-state index in [0.717, 1.165) is 9.87 Å². The third-order valence-electron chi connectivity index (χ3n) is 3.63. The third kappa shape index (κ3) is 5.76. The summed E-state index contributed by atoms with van der Waals surface area (Å²) in [6.07, 6.45) is 0. The van der Waals surface area contributed by atoms with Gasteiger partial charge in [-0.2, -0.15) is 0 Å². The molecule has 0 spiro atoms. The molecule has 1 amide bonds. The van der Waals surface area contributed by atoms with Crippen LogP contribution in [0.5, 0.6) is 0 Å². The first-order valence-electron chi connectivity index (χ1n) is 7.96. The standard InChI is InChI=1S/C18H22N2O4S2/c1-20(2)26(23,24)17-10-6-9-16(11-17)13-25(22)14-18(21)19-12-15-7-4-3-5-8-15/h3-11H,12-14H2,1-2H3,(H,19,21). The summed E-state index contributed by atoms with van der Waals surface area (Å²) in [7, 11) is -2.06. The summed E-state index contributed by atoms with van der Waals surface area (Å²) in [6, 6.07) is 15.8. The highest BCUT2D eigenvalue weighted by Gasteiger charge is 2.18. The Kier molecular flexibility index (Phi) is 7.07. The fourth-order valence-electron chi connectivity index (χ4n) is 2.24. The summed E-state index contributed by atoms with van der Waals surface area (Å²) in [4.78, 5) is 12.1. The number of sulfonamides is 1. The maximum Gasteiger partial charge on any atom is 0.242 e. The normalized spacial score (nSPS) is 12.7. The number of nitrogens with zero attached hydrogens (tertiary/aromatic N) is 1. The lowest BCUT2D eigenvalue weighted by Gasteiger charge is -2.12. The molecule has 0 aromatic heterocycles. The van der Waals surface area contributed by atoms with Gasteiger partial charge in [-0.05, 0) is 23.3 Å². The summed E-state index contributed by atoms with van der Waals surface area (Å²) >= 11 is 0. The highest BCUT2D eigenvalue weighted by atomic mass is 32.2. The lowest BCUT2D eigenvalue weighted by atomic mass is 10.2. The zero-order valence-electron chi connectivity index (χ0n) is 14.7. The molecule has 8 heteroatoms. The van der Waals surface area contributed by atoms with Crippen LogP contribution < -0.4 is 5.32 Å². The van der Waals surface area contributed by atoms with Gasteiger partial charge in [-0.15, -0.1) is 0 Å². The molecule has 2 aromatic rings. The molecule has 0 heterocycles. The van der Waals surface area contributed by atoms with Crippen molar-refractivity contribution in [1.29, 1.82) is 0 Å². The van der Waals surface area contributed by atoms with Crippen LogP contribution in [0.4, 0.5) is 0 Å². The first-order valence-corrected chi connectivity index (χ1v) is 10.9. The molecule has 2 aromatic carbocycles. The average molecular weight is 395 g/mol. The molecule has 6 nitrogen and oxygen atoms in total. The number of benzene rings is 2. The van der Waals surface area contributed by atoms with Crippen molar-refractivity contribution in [3.05, 3.63) is 65.7 Å². The minimum atomic E-state index is -3.54. The molecule has 0 saturated heterocycles. The first kappa shape index (κ1) is 20.3. The van der Waals surface area contributed by atoms with Gasteiger partial charge in [0, 0.05) is 37.2 Å². The quantitative estimate of drug-likeness (QED) is 0.735. The number of amides is 1. The Balaban J connectivity index is 1.92. The molecule has 2 rings (SSSR count). The number of hydrogen-bond donors (Lipinski definition) is 1. The lowest BCUT2D eigenvalue weighted by Crippen LogP contribution is -2.28. The summed E-state index contributed by atoms with van der Waals surface area (Å²) in [5, 5.41) is 2.73.